The highest BCUT2D eigenvalue weighted by Crippen LogP contribution is 2.23. The van der Waals surface area contributed by atoms with Crippen molar-refractivity contribution >= 4 is 11.6 Å². The number of hydrogen-bond acceptors (Lipinski definition) is 5. The normalized spacial score (nSPS) is 11.7. The summed E-state index contributed by atoms with van der Waals surface area (Å²) in [6.07, 6.45) is -1.05. The molecule has 0 aliphatic rings. The summed E-state index contributed by atoms with van der Waals surface area (Å²) in [5.41, 5.74) is -0.218. The van der Waals surface area contributed by atoms with Crippen LogP contribution in [0.1, 0.15) is 17.3 Å². The molecule has 0 aliphatic heterocycles. The monoisotopic (exact) mass is 240 g/mol. The molecule has 92 valence electrons. The number of nitrogens with one attached hydrogen (secondary N) is 1. The van der Waals surface area contributed by atoms with Gasteiger partial charge in [0.15, 0.2) is 0 Å². The maximum Gasteiger partial charge on any atom is 0.270 e. The van der Waals surface area contributed by atoms with Crippen molar-refractivity contribution in [1.82, 2.24) is 5.32 Å². The molecule has 1 unspecified atom stereocenters. The Morgan fingerprint density at radius 3 is 2.71 bits per heavy atom. The van der Waals surface area contributed by atoms with Gasteiger partial charge < -0.3 is 15.2 Å². The molecule has 1 aromatic carbocycles. The van der Waals surface area contributed by atoms with Crippen LogP contribution in [-0.2, 0) is 0 Å². The summed E-state index contributed by atoms with van der Waals surface area (Å²) in [6, 6.07) is 3.66. The molecule has 17 heavy (non-hydrogen) atoms. The standard InChI is InChI=1S/C10H12N2O5/c1-6(13)11-10(14)8-5-7(12(15)16)3-4-9(8)17-2/h3-6,13H,1-2H3,(H,11,14). The Morgan fingerprint density at radius 2 is 2.24 bits per heavy atom. The summed E-state index contributed by atoms with van der Waals surface area (Å²) in [6.45, 7) is 1.36. The van der Waals surface area contributed by atoms with E-state index in [1.807, 2.05) is 0 Å². The number of methoxy groups -OCH3 is 1. The lowest BCUT2D eigenvalue weighted by Gasteiger charge is -2.10. The fourth-order valence-electron chi connectivity index (χ4n) is 1.25. The van der Waals surface area contributed by atoms with Crippen molar-refractivity contribution in [3.05, 3.63) is 33.9 Å². The lowest BCUT2D eigenvalue weighted by atomic mass is 10.1. The SMILES string of the molecule is COc1ccc([N+](=O)[O-])cc1C(=O)NC(C)O. The minimum absolute atomic E-state index is 0.00241. The van der Waals surface area contributed by atoms with Gasteiger partial charge in [0, 0.05) is 12.1 Å². The van der Waals surface area contributed by atoms with Crippen molar-refractivity contribution in [2.45, 2.75) is 13.2 Å². The van der Waals surface area contributed by atoms with E-state index in [9.17, 15) is 14.9 Å². The van der Waals surface area contributed by atoms with Gasteiger partial charge in [0.2, 0.25) is 0 Å². The molecule has 1 atom stereocenters. The van der Waals surface area contributed by atoms with E-state index < -0.39 is 17.1 Å². The molecule has 0 bridgehead atoms. The Kier molecular flexibility index (Phi) is 4.00. The van der Waals surface area contributed by atoms with Crippen molar-refractivity contribution in [3.8, 4) is 5.75 Å². The fourth-order valence-corrected chi connectivity index (χ4v) is 1.25. The number of amides is 1. The topological polar surface area (TPSA) is 102 Å². The predicted molar refractivity (Wildman–Crippen MR) is 58.8 cm³/mol. The summed E-state index contributed by atoms with van der Waals surface area (Å²) in [4.78, 5) is 21.6. The number of benzene rings is 1. The Balaban J connectivity index is 3.14. The zero-order valence-corrected chi connectivity index (χ0v) is 9.34. The van der Waals surface area contributed by atoms with Crippen molar-refractivity contribution < 1.29 is 19.6 Å². The van der Waals surface area contributed by atoms with E-state index in [0.717, 1.165) is 6.07 Å². The number of aliphatic hydroxyl groups is 1. The summed E-state index contributed by atoms with van der Waals surface area (Å²) < 4.78 is 4.92. The van der Waals surface area contributed by atoms with Gasteiger partial charge in [-0.15, -0.1) is 0 Å². The maximum absolute atomic E-state index is 11.6. The van der Waals surface area contributed by atoms with Crippen molar-refractivity contribution in [2.75, 3.05) is 7.11 Å². The van der Waals surface area contributed by atoms with Gasteiger partial charge in [-0.25, -0.2) is 0 Å². The van der Waals surface area contributed by atoms with E-state index in [1.54, 1.807) is 0 Å². The highest BCUT2D eigenvalue weighted by atomic mass is 16.6. The summed E-state index contributed by atoms with van der Waals surface area (Å²) >= 11 is 0. The molecule has 0 radical (unpaired) electrons. The van der Waals surface area contributed by atoms with Gasteiger partial charge in [0.05, 0.1) is 17.6 Å². The van der Waals surface area contributed by atoms with Crippen molar-refractivity contribution in [3.63, 3.8) is 0 Å². The predicted octanol–water partition coefficient (Wildman–Crippen LogP) is 0.671. The van der Waals surface area contributed by atoms with Crippen molar-refractivity contribution in [1.29, 1.82) is 0 Å². The van der Waals surface area contributed by atoms with Crippen LogP contribution in [-0.4, -0.2) is 29.3 Å². The minimum Gasteiger partial charge on any atom is -0.496 e. The zero-order valence-electron chi connectivity index (χ0n) is 9.34. The molecular formula is C10H12N2O5. The number of nitro groups is 1. The molecule has 7 nitrogen and oxygen atoms in total. The van der Waals surface area contributed by atoms with Crippen LogP contribution in [0.25, 0.3) is 0 Å². The highest BCUT2D eigenvalue weighted by Gasteiger charge is 2.18. The van der Waals surface area contributed by atoms with Gasteiger partial charge in [0.1, 0.15) is 12.0 Å². The third-order valence-electron chi connectivity index (χ3n) is 1.98. The van der Waals surface area contributed by atoms with E-state index >= 15 is 0 Å². The molecule has 1 rings (SSSR count). The van der Waals surface area contributed by atoms with Gasteiger partial charge >= 0.3 is 0 Å². The van der Waals surface area contributed by atoms with E-state index in [0.29, 0.717) is 0 Å². The quantitative estimate of drug-likeness (QED) is 0.457. The van der Waals surface area contributed by atoms with Crippen LogP contribution in [0, 0.1) is 10.1 Å². The molecule has 0 heterocycles. The third kappa shape index (κ3) is 3.15. The molecule has 0 saturated carbocycles. The summed E-state index contributed by atoms with van der Waals surface area (Å²) in [5, 5.41) is 21.8. The van der Waals surface area contributed by atoms with Crippen LogP contribution in [0.3, 0.4) is 0 Å². The first-order valence-corrected chi connectivity index (χ1v) is 4.77. The lowest BCUT2D eigenvalue weighted by Crippen LogP contribution is -2.32. The summed E-state index contributed by atoms with van der Waals surface area (Å²) in [5.74, 6) is -0.436. The number of carbonyl (C=O) groups is 1. The van der Waals surface area contributed by atoms with Crippen LogP contribution in [0.4, 0.5) is 5.69 Å². The largest absolute Gasteiger partial charge is 0.496 e. The first-order chi connectivity index (χ1) is 7.95. The first-order valence-electron chi connectivity index (χ1n) is 4.77. The van der Waals surface area contributed by atoms with Gasteiger partial charge in [0.25, 0.3) is 11.6 Å². The molecule has 7 heteroatoms. The molecule has 0 fully saturated rings. The maximum atomic E-state index is 11.6. The van der Waals surface area contributed by atoms with E-state index in [-0.39, 0.29) is 17.0 Å². The van der Waals surface area contributed by atoms with E-state index in [1.165, 1.54) is 26.2 Å². The van der Waals surface area contributed by atoms with Gasteiger partial charge in [-0.3, -0.25) is 14.9 Å². The molecule has 0 saturated heterocycles. The van der Waals surface area contributed by atoms with Crippen LogP contribution in [0.15, 0.2) is 18.2 Å². The molecule has 2 N–H and O–H groups in total. The Morgan fingerprint density at radius 1 is 1.59 bits per heavy atom. The number of rotatable bonds is 4. The number of nitrogens with zero attached hydrogens (tertiary/aromatic N) is 1. The number of nitro benzene ring substituents is 1. The van der Waals surface area contributed by atoms with Crippen LogP contribution < -0.4 is 10.1 Å². The number of carbonyl (C=O) groups excluding carboxylic acids is 1. The average molecular weight is 240 g/mol. The smallest absolute Gasteiger partial charge is 0.270 e. The second-order valence-electron chi connectivity index (χ2n) is 3.29. The molecule has 1 amide bonds. The highest BCUT2D eigenvalue weighted by molar-refractivity contribution is 5.97. The van der Waals surface area contributed by atoms with E-state index in [2.05, 4.69) is 5.32 Å². The van der Waals surface area contributed by atoms with Gasteiger partial charge in [-0.1, -0.05) is 0 Å². The number of hydrogen-bond donors (Lipinski definition) is 2. The molecular weight excluding hydrogens is 228 g/mol. The Bertz CT molecular complexity index is 444. The minimum atomic E-state index is -1.05. The molecule has 0 spiro atoms. The van der Waals surface area contributed by atoms with Crippen LogP contribution >= 0.6 is 0 Å². The number of aliphatic hydroxyl groups excluding tert-OH is 1. The first kappa shape index (κ1) is 12.9. The number of non-ortho nitro benzene ring substituents is 1. The molecule has 0 aliphatic carbocycles. The van der Waals surface area contributed by atoms with E-state index in [4.69, 9.17) is 9.84 Å². The fraction of sp³-hybridized carbons (Fsp3) is 0.300. The average Bonchev–Trinajstić information content (AvgIpc) is 2.27. The second-order valence-corrected chi connectivity index (χ2v) is 3.29. The van der Waals surface area contributed by atoms with Crippen molar-refractivity contribution in [2.24, 2.45) is 0 Å². The molecule has 0 aromatic heterocycles. The lowest BCUT2D eigenvalue weighted by molar-refractivity contribution is -0.384. The van der Waals surface area contributed by atoms with Gasteiger partial charge in [-0.05, 0) is 13.0 Å². The third-order valence-corrected chi connectivity index (χ3v) is 1.98. The second kappa shape index (κ2) is 5.26. The number of ether oxygens (including phenoxy) is 1. The summed E-state index contributed by atoms with van der Waals surface area (Å²) in [7, 11) is 1.35. The zero-order chi connectivity index (χ0) is 13.0. The van der Waals surface area contributed by atoms with Crippen LogP contribution in [0.5, 0.6) is 5.75 Å². The van der Waals surface area contributed by atoms with Gasteiger partial charge in [-0.2, -0.15) is 0 Å². The Hall–Kier alpha value is -2.15. The van der Waals surface area contributed by atoms with Crippen LogP contribution in [0.2, 0.25) is 0 Å². The Labute approximate surface area is 97.2 Å². The molecule has 1 aromatic rings.